The van der Waals surface area contributed by atoms with Crippen molar-refractivity contribution < 1.29 is 9.85 Å². The number of hydrogen-bond donors (Lipinski definition) is 0. The number of benzene rings is 1. The molecule has 0 heterocycles. The van der Waals surface area contributed by atoms with Crippen molar-refractivity contribution >= 4 is 17.1 Å². The molecule has 0 atom stereocenters. The number of nitro groups is 2. The molecule has 0 radical (unpaired) electrons. The Labute approximate surface area is 110 Å². The molecule has 0 N–H and O–H groups in total. The molecule has 19 heavy (non-hydrogen) atoms. The van der Waals surface area contributed by atoms with Crippen LogP contribution in [-0.2, 0) is 0 Å². The van der Waals surface area contributed by atoms with Crippen molar-refractivity contribution in [3.8, 4) is 0 Å². The van der Waals surface area contributed by atoms with Gasteiger partial charge in [0.2, 0.25) is 0 Å². The number of hydrogen-bond acceptors (Lipinski definition) is 6. The maximum absolute atomic E-state index is 11.0. The average Bonchev–Trinajstić information content (AvgIpc) is 2.34. The van der Waals surface area contributed by atoms with E-state index in [0.717, 1.165) is 12.6 Å². The summed E-state index contributed by atoms with van der Waals surface area (Å²) in [6.45, 7) is 1.32. The topological polar surface area (TPSA) is 92.8 Å². The monoisotopic (exact) mass is 268 g/mol. The zero-order valence-electron chi connectivity index (χ0n) is 11.1. The first-order valence-electron chi connectivity index (χ1n) is 5.61. The van der Waals surface area contributed by atoms with E-state index in [-0.39, 0.29) is 11.4 Å². The van der Waals surface area contributed by atoms with Crippen molar-refractivity contribution in [1.82, 2.24) is 4.90 Å². The van der Waals surface area contributed by atoms with E-state index in [0.29, 0.717) is 12.2 Å². The SMILES string of the molecule is CN(C)CCN(C)c1ccc([N+](=O)[O-])cc1[N+](=O)[O-]. The zero-order valence-corrected chi connectivity index (χ0v) is 11.1. The fourth-order valence-corrected chi connectivity index (χ4v) is 1.56. The largest absolute Gasteiger partial charge is 0.368 e. The van der Waals surface area contributed by atoms with Crippen LogP contribution >= 0.6 is 0 Å². The molecule has 0 spiro atoms. The van der Waals surface area contributed by atoms with Crippen LogP contribution in [0.5, 0.6) is 0 Å². The Morgan fingerprint density at radius 2 is 1.68 bits per heavy atom. The van der Waals surface area contributed by atoms with Gasteiger partial charge >= 0.3 is 0 Å². The van der Waals surface area contributed by atoms with Crippen molar-refractivity contribution in [2.24, 2.45) is 0 Å². The van der Waals surface area contributed by atoms with Gasteiger partial charge in [-0.15, -0.1) is 0 Å². The first kappa shape index (κ1) is 14.8. The lowest BCUT2D eigenvalue weighted by Crippen LogP contribution is -2.28. The molecular weight excluding hydrogens is 252 g/mol. The van der Waals surface area contributed by atoms with Gasteiger partial charge in [0.1, 0.15) is 5.69 Å². The molecular formula is C11H16N4O4. The van der Waals surface area contributed by atoms with Gasteiger partial charge in [0.15, 0.2) is 0 Å². The van der Waals surface area contributed by atoms with Gasteiger partial charge in [-0.2, -0.15) is 0 Å². The van der Waals surface area contributed by atoms with E-state index in [1.807, 2.05) is 19.0 Å². The first-order valence-corrected chi connectivity index (χ1v) is 5.61. The lowest BCUT2D eigenvalue weighted by molar-refractivity contribution is -0.393. The maximum atomic E-state index is 11.0. The molecule has 0 unspecified atom stereocenters. The van der Waals surface area contributed by atoms with Crippen molar-refractivity contribution in [1.29, 1.82) is 0 Å². The van der Waals surface area contributed by atoms with Crippen LogP contribution in [0.15, 0.2) is 18.2 Å². The van der Waals surface area contributed by atoms with Crippen molar-refractivity contribution in [2.45, 2.75) is 0 Å². The molecule has 0 fully saturated rings. The summed E-state index contributed by atoms with van der Waals surface area (Å²) in [5.41, 5.74) is -0.163. The molecule has 0 aliphatic rings. The van der Waals surface area contributed by atoms with Crippen molar-refractivity contribution in [2.75, 3.05) is 39.1 Å². The summed E-state index contributed by atoms with van der Waals surface area (Å²) in [6, 6.07) is 3.67. The molecule has 0 saturated heterocycles. The van der Waals surface area contributed by atoms with Gasteiger partial charge in [0.05, 0.1) is 15.9 Å². The Morgan fingerprint density at radius 3 is 2.16 bits per heavy atom. The van der Waals surface area contributed by atoms with E-state index in [1.165, 1.54) is 12.1 Å². The number of nitro benzene ring substituents is 2. The summed E-state index contributed by atoms with van der Waals surface area (Å²) < 4.78 is 0. The Kier molecular flexibility index (Phi) is 4.76. The maximum Gasteiger partial charge on any atom is 0.299 e. The van der Waals surface area contributed by atoms with Crippen LogP contribution in [0.4, 0.5) is 17.1 Å². The quantitative estimate of drug-likeness (QED) is 0.573. The molecule has 0 amide bonds. The molecule has 104 valence electrons. The lowest BCUT2D eigenvalue weighted by atomic mass is 10.2. The van der Waals surface area contributed by atoms with E-state index >= 15 is 0 Å². The second kappa shape index (κ2) is 6.10. The molecule has 0 aliphatic carbocycles. The molecule has 0 saturated carbocycles. The molecule has 0 bridgehead atoms. The minimum Gasteiger partial charge on any atom is -0.368 e. The summed E-state index contributed by atoms with van der Waals surface area (Å²) in [5, 5.41) is 21.6. The zero-order chi connectivity index (χ0) is 14.6. The summed E-state index contributed by atoms with van der Waals surface area (Å²) in [7, 11) is 5.52. The second-order valence-electron chi connectivity index (χ2n) is 4.41. The van der Waals surface area contributed by atoms with E-state index in [2.05, 4.69) is 0 Å². The predicted molar refractivity (Wildman–Crippen MR) is 71.6 cm³/mol. The Bertz CT molecular complexity index is 490. The highest BCUT2D eigenvalue weighted by Gasteiger charge is 2.21. The molecule has 1 aromatic rings. The van der Waals surface area contributed by atoms with Crippen LogP contribution in [0, 0.1) is 20.2 Å². The third-order valence-electron chi connectivity index (χ3n) is 2.66. The number of anilines is 1. The van der Waals surface area contributed by atoms with Gasteiger partial charge in [0, 0.05) is 26.2 Å². The molecule has 8 nitrogen and oxygen atoms in total. The fraction of sp³-hybridized carbons (Fsp3) is 0.455. The van der Waals surface area contributed by atoms with E-state index in [1.54, 1.807) is 11.9 Å². The summed E-state index contributed by atoms with van der Waals surface area (Å²) in [4.78, 5) is 24.0. The number of rotatable bonds is 6. The van der Waals surface area contributed by atoms with E-state index < -0.39 is 9.85 Å². The van der Waals surface area contributed by atoms with Crippen LogP contribution in [0.3, 0.4) is 0 Å². The highest BCUT2D eigenvalue weighted by atomic mass is 16.6. The molecule has 0 aliphatic heterocycles. The van der Waals surface area contributed by atoms with E-state index in [9.17, 15) is 20.2 Å². The number of nitrogens with zero attached hydrogens (tertiary/aromatic N) is 4. The van der Waals surface area contributed by atoms with Gasteiger partial charge in [-0.05, 0) is 20.2 Å². The summed E-state index contributed by atoms with van der Waals surface area (Å²) in [5.74, 6) is 0. The predicted octanol–water partition coefficient (Wildman–Crippen LogP) is 1.50. The third kappa shape index (κ3) is 3.88. The van der Waals surface area contributed by atoms with Crippen LogP contribution in [0.1, 0.15) is 0 Å². The van der Waals surface area contributed by atoms with Gasteiger partial charge in [-0.3, -0.25) is 20.2 Å². The summed E-state index contributed by atoms with van der Waals surface area (Å²) in [6.07, 6.45) is 0. The Morgan fingerprint density at radius 1 is 1.05 bits per heavy atom. The van der Waals surface area contributed by atoms with Crippen molar-refractivity contribution in [3.63, 3.8) is 0 Å². The van der Waals surface area contributed by atoms with Crippen LogP contribution in [-0.4, -0.2) is 49.0 Å². The smallest absolute Gasteiger partial charge is 0.299 e. The Balaban J connectivity index is 3.06. The van der Waals surface area contributed by atoms with Crippen LogP contribution in [0.25, 0.3) is 0 Å². The number of non-ortho nitro benzene ring substituents is 1. The van der Waals surface area contributed by atoms with Gasteiger partial charge in [-0.25, -0.2) is 0 Å². The van der Waals surface area contributed by atoms with Crippen LogP contribution < -0.4 is 4.90 Å². The lowest BCUT2D eigenvalue weighted by Gasteiger charge is -2.21. The van der Waals surface area contributed by atoms with Crippen molar-refractivity contribution in [3.05, 3.63) is 38.4 Å². The molecule has 1 rings (SSSR count). The van der Waals surface area contributed by atoms with Crippen LogP contribution in [0.2, 0.25) is 0 Å². The minimum atomic E-state index is -0.642. The average molecular weight is 268 g/mol. The standard InChI is InChI=1S/C11H16N4O4/c1-12(2)6-7-13(3)10-5-4-9(14(16)17)8-11(10)15(18)19/h4-5,8H,6-7H2,1-3H3. The Hall–Kier alpha value is -2.22. The minimum absolute atomic E-state index is 0.254. The molecule has 0 aromatic heterocycles. The van der Waals surface area contributed by atoms with Gasteiger partial charge in [0.25, 0.3) is 11.4 Å². The summed E-state index contributed by atoms with van der Waals surface area (Å²) >= 11 is 0. The normalized spacial score (nSPS) is 10.5. The fourth-order valence-electron chi connectivity index (χ4n) is 1.56. The van der Waals surface area contributed by atoms with Gasteiger partial charge in [-0.1, -0.05) is 0 Å². The highest BCUT2D eigenvalue weighted by Crippen LogP contribution is 2.31. The first-order chi connectivity index (χ1) is 8.82. The van der Waals surface area contributed by atoms with E-state index in [4.69, 9.17) is 0 Å². The highest BCUT2D eigenvalue weighted by molar-refractivity contribution is 5.66. The number of likely N-dealkylation sites (N-methyl/N-ethyl adjacent to an activating group) is 2. The molecule has 8 heteroatoms. The second-order valence-corrected chi connectivity index (χ2v) is 4.41. The third-order valence-corrected chi connectivity index (χ3v) is 2.66. The van der Waals surface area contributed by atoms with Gasteiger partial charge < -0.3 is 9.80 Å². The molecule has 1 aromatic carbocycles.